The Morgan fingerprint density at radius 2 is 1.96 bits per heavy atom. The lowest BCUT2D eigenvalue weighted by atomic mass is 9.87. The fraction of sp³-hybridized carbons (Fsp3) is 0.316. The molecule has 2 aromatic carbocycles. The van der Waals surface area contributed by atoms with Gasteiger partial charge in [0.15, 0.2) is 6.54 Å². The van der Waals surface area contributed by atoms with Crippen LogP contribution in [0.3, 0.4) is 0 Å². The topological polar surface area (TPSA) is 76.7 Å². The zero-order valence-electron chi connectivity index (χ0n) is 14.2. The van der Waals surface area contributed by atoms with Crippen molar-refractivity contribution in [3.05, 3.63) is 69.8 Å². The molecule has 3 rings (SSSR count). The number of likely N-dealkylation sites (N-methyl/N-ethyl adjacent to an activating group) is 1. The van der Waals surface area contributed by atoms with E-state index < -0.39 is 4.92 Å². The van der Waals surface area contributed by atoms with Crippen LogP contribution in [0.4, 0.5) is 11.4 Å². The van der Waals surface area contributed by atoms with E-state index in [1.807, 2.05) is 7.05 Å². The molecule has 0 heterocycles. The third kappa shape index (κ3) is 4.03. The van der Waals surface area contributed by atoms with Crippen LogP contribution in [0.1, 0.15) is 30.0 Å². The third-order valence-corrected chi connectivity index (χ3v) is 4.77. The SMILES string of the molecule is C[NH+](CC(=O)Nc1ccc([N+](=O)[O-])cc1)[C@H]1CCCc2ccccc21. The largest absolute Gasteiger partial charge is 0.323 e. The van der Waals surface area contributed by atoms with E-state index in [-0.39, 0.29) is 11.6 Å². The van der Waals surface area contributed by atoms with Crippen molar-refractivity contribution in [2.24, 2.45) is 0 Å². The molecule has 2 aromatic rings. The number of nitrogens with one attached hydrogen (secondary N) is 2. The molecule has 0 bridgehead atoms. The van der Waals surface area contributed by atoms with Crippen LogP contribution in [0.2, 0.25) is 0 Å². The fourth-order valence-electron chi connectivity index (χ4n) is 3.51. The summed E-state index contributed by atoms with van der Waals surface area (Å²) < 4.78 is 0. The van der Waals surface area contributed by atoms with Gasteiger partial charge in [-0.2, -0.15) is 0 Å². The summed E-state index contributed by atoms with van der Waals surface area (Å²) in [6.45, 7) is 0.357. The molecular formula is C19H22N3O3+. The molecule has 0 fully saturated rings. The highest BCUT2D eigenvalue weighted by Gasteiger charge is 2.27. The molecule has 1 amide bonds. The van der Waals surface area contributed by atoms with Crippen molar-refractivity contribution in [2.45, 2.75) is 25.3 Å². The Labute approximate surface area is 146 Å². The first kappa shape index (κ1) is 17.1. The zero-order chi connectivity index (χ0) is 17.8. The van der Waals surface area contributed by atoms with Gasteiger partial charge >= 0.3 is 0 Å². The Morgan fingerprint density at radius 1 is 1.24 bits per heavy atom. The Balaban J connectivity index is 1.62. The number of quaternary nitrogens is 1. The van der Waals surface area contributed by atoms with Crippen molar-refractivity contribution in [1.82, 2.24) is 0 Å². The van der Waals surface area contributed by atoms with Gasteiger partial charge < -0.3 is 10.2 Å². The van der Waals surface area contributed by atoms with Gasteiger partial charge in [-0.05, 0) is 30.5 Å². The van der Waals surface area contributed by atoms with E-state index in [2.05, 4.69) is 29.6 Å². The van der Waals surface area contributed by atoms with Crippen LogP contribution in [0.15, 0.2) is 48.5 Å². The maximum absolute atomic E-state index is 12.3. The average Bonchev–Trinajstić information content (AvgIpc) is 2.61. The van der Waals surface area contributed by atoms with Crippen LogP contribution < -0.4 is 10.2 Å². The van der Waals surface area contributed by atoms with Crippen molar-refractivity contribution in [3.8, 4) is 0 Å². The average molecular weight is 340 g/mol. The number of nitro benzene ring substituents is 1. The first-order valence-electron chi connectivity index (χ1n) is 8.49. The third-order valence-electron chi connectivity index (χ3n) is 4.77. The second kappa shape index (κ2) is 7.44. The van der Waals surface area contributed by atoms with Gasteiger partial charge in [0.1, 0.15) is 6.04 Å². The van der Waals surface area contributed by atoms with Crippen molar-refractivity contribution >= 4 is 17.3 Å². The van der Waals surface area contributed by atoms with Gasteiger partial charge in [0.2, 0.25) is 0 Å². The van der Waals surface area contributed by atoms with E-state index in [0.717, 1.165) is 24.2 Å². The van der Waals surface area contributed by atoms with E-state index in [1.54, 1.807) is 12.1 Å². The normalized spacial score (nSPS) is 17.4. The van der Waals surface area contributed by atoms with Gasteiger partial charge in [-0.3, -0.25) is 14.9 Å². The van der Waals surface area contributed by atoms with Gasteiger partial charge in [-0.1, -0.05) is 24.3 Å². The van der Waals surface area contributed by atoms with Crippen LogP contribution in [0, 0.1) is 10.1 Å². The number of amides is 1. The molecule has 25 heavy (non-hydrogen) atoms. The summed E-state index contributed by atoms with van der Waals surface area (Å²) in [4.78, 5) is 23.7. The smallest absolute Gasteiger partial charge is 0.279 e. The van der Waals surface area contributed by atoms with Crippen LogP contribution >= 0.6 is 0 Å². The molecule has 0 spiro atoms. The molecule has 1 aliphatic rings. The van der Waals surface area contributed by atoms with Crippen molar-refractivity contribution < 1.29 is 14.6 Å². The number of hydrogen-bond donors (Lipinski definition) is 2. The Bertz CT molecular complexity index is 774. The van der Waals surface area contributed by atoms with Gasteiger partial charge in [-0.15, -0.1) is 0 Å². The zero-order valence-corrected chi connectivity index (χ0v) is 14.2. The van der Waals surface area contributed by atoms with E-state index >= 15 is 0 Å². The highest BCUT2D eigenvalue weighted by Crippen LogP contribution is 2.27. The van der Waals surface area contributed by atoms with E-state index in [4.69, 9.17) is 0 Å². The number of aryl methyl sites for hydroxylation is 1. The summed E-state index contributed by atoms with van der Waals surface area (Å²) in [5.74, 6) is -0.0885. The predicted molar refractivity (Wildman–Crippen MR) is 95.6 cm³/mol. The Hall–Kier alpha value is -2.73. The quantitative estimate of drug-likeness (QED) is 0.647. The number of hydrogen-bond acceptors (Lipinski definition) is 3. The van der Waals surface area contributed by atoms with Gasteiger partial charge in [0, 0.05) is 29.8 Å². The molecular weight excluding hydrogens is 318 g/mol. The second-order valence-corrected chi connectivity index (χ2v) is 6.52. The molecule has 2 N–H and O–H groups in total. The van der Waals surface area contributed by atoms with Gasteiger partial charge in [0.25, 0.3) is 11.6 Å². The number of nitrogens with zero attached hydrogens (tertiary/aromatic N) is 1. The number of nitro groups is 1. The summed E-state index contributed by atoms with van der Waals surface area (Å²) in [5, 5.41) is 13.5. The number of rotatable bonds is 5. The van der Waals surface area contributed by atoms with Crippen LogP contribution in [-0.4, -0.2) is 24.4 Å². The second-order valence-electron chi connectivity index (χ2n) is 6.52. The standard InChI is InChI=1S/C19H21N3O3/c1-21(18-8-4-6-14-5-2-3-7-17(14)18)13-19(23)20-15-9-11-16(12-10-15)22(24)25/h2-3,5,7,9-12,18H,4,6,8,13H2,1H3,(H,20,23)/p+1/t18-/m0/s1. The predicted octanol–water partition coefficient (Wildman–Crippen LogP) is 2.13. The van der Waals surface area contributed by atoms with Gasteiger partial charge in [0.05, 0.1) is 12.0 Å². The molecule has 6 nitrogen and oxygen atoms in total. The van der Waals surface area contributed by atoms with E-state index in [1.165, 1.54) is 23.3 Å². The molecule has 0 saturated heterocycles. The summed E-state index contributed by atoms with van der Waals surface area (Å²) in [7, 11) is 2.04. The minimum absolute atomic E-state index is 0.0135. The first-order chi connectivity index (χ1) is 12.0. The molecule has 0 aliphatic heterocycles. The first-order valence-corrected chi connectivity index (χ1v) is 8.49. The highest BCUT2D eigenvalue weighted by atomic mass is 16.6. The number of carbonyl (C=O) groups is 1. The fourth-order valence-corrected chi connectivity index (χ4v) is 3.51. The molecule has 130 valence electrons. The molecule has 0 saturated carbocycles. The van der Waals surface area contributed by atoms with Crippen molar-refractivity contribution in [3.63, 3.8) is 0 Å². The number of fused-ring (bicyclic) bond motifs is 1. The minimum atomic E-state index is -0.454. The lowest BCUT2D eigenvalue weighted by Gasteiger charge is -2.30. The van der Waals surface area contributed by atoms with Crippen LogP contribution in [0.5, 0.6) is 0 Å². The van der Waals surface area contributed by atoms with Crippen molar-refractivity contribution in [2.75, 3.05) is 18.9 Å². The Morgan fingerprint density at radius 3 is 2.68 bits per heavy atom. The summed E-state index contributed by atoms with van der Waals surface area (Å²) in [6.07, 6.45) is 3.32. The molecule has 0 radical (unpaired) electrons. The van der Waals surface area contributed by atoms with Gasteiger partial charge in [-0.25, -0.2) is 0 Å². The molecule has 1 unspecified atom stereocenters. The number of non-ortho nitro benzene ring substituents is 1. The number of anilines is 1. The van der Waals surface area contributed by atoms with Crippen LogP contribution in [-0.2, 0) is 11.2 Å². The highest BCUT2D eigenvalue weighted by molar-refractivity contribution is 5.91. The Kier molecular flexibility index (Phi) is 5.09. The minimum Gasteiger partial charge on any atom is -0.323 e. The molecule has 6 heteroatoms. The lowest BCUT2D eigenvalue weighted by Crippen LogP contribution is -3.10. The summed E-state index contributed by atoms with van der Waals surface area (Å²) in [6, 6.07) is 14.7. The molecule has 2 atom stereocenters. The number of carbonyl (C=O) groups excluding carboxylic acids is 1. The maximum Gasteiger partial charge on any atom is 0.279 e. The lowest BCUT2D eigenvalue weighted by molar-refractivity contribution is -0.905. The van der Waals surface area contributed by atoms with Crippen molar-refractivity contribution in [1.29, 1.82) is 0 Å². The number of benzene rings is 2. The van der Waals surface area contributed by atoms with E-state index in [0.29, 0.717) is 18.3 Å². The summed E-state index contributed by atoms with van der Waals surface area (Å²) >= 11 is 0. The van der Waals surface area contributed by atoms with Crippen LogP contribution in [0.25, 0.3) is 0 Å². The van der Waals surface area contributed by atoms with E-state index in [9.17, 15) is 14.9 Å². The molecule has 0 aromatic heterocycles. The summed E-state index contributed by atoms with van der Waals surface area (Å²) in [5.41, 5.74) is 3.32. The maximum atomic E-state index is 12.3. The molecule has 1 aliphatic carbocycles. The monoisotopic (exact) mass is 340 g/mol.